The number of anilines is 1. The van der Waals surface area contributed by atoms with Gasteiger partial charge in [-0.25, -0.2) is 0 Å². The number of benzene rings is 1. The Kier molecular flexibility index (Phi) is 2.28. The van der Waals surface area contributed by atoms with Gasteiger partial charge in [-0.15, -0.1) is 0 Å². The van der Waals surface area contributed by atoms with Gasteiger partial charge in [0.1, 0.15) is 0 Å². The Balaban J connectivity index is 2.27. The van der Waals surface area contributed by atoms with Gasteiger partial charge in [0.05, 0.1) is 5.69 Å². The van der Waals surface area contributed by atoms with E-state index in [-0.39, 0.29) is 0 Å². The first-order valence-corrected chi connectivity index (χ1v) is 7.40. The Morgan fingerprint density at radius 3 is 2.69 bits per heavy atom. The lowest BCUT2D eigenvalue weighted by molar-refractivity contribution is 0.580. The normalized spacial score (nSPS) is 21.7. The van der Waals surface area contributed by atoms with Crippen LogP contribution in [-0.4, -0.2) is 21.5 Å². The molecule has 2 heterocycles. The molecule has 0 aliphatic carbocycles. The van der Waals surface area contributed by atoms with Gasteiger partial charge in [-0.2, -0.15) is 13.1 Å². The third-order valence-electron chi connectivity index (χ3n) is 3.04. The second kappa shape index (κ2) is 3.45. The lowest BCUT2D eigenvalue weighted by Crippen LogP contribution is -2.38. The molecule has 1 aromatic rings. The fourth-order valence-electron chi connectivity index (χ4n) is 2.39. The molecular formula is C10H11BrN2O2S. The highest BCUT2D eigenvalue weighted by Crippen LogP contribution is 2.37. The highest BCUT2D eigenvalue weighted by atomic mass is 79.9. The van der Waals surface area contributed by atoms with E-state index in [1.807, 2.05) is 12.1 Å². The van der Waals surface area contributed by atoms with Crippen molar-refractivity contribution in [2.45, 2.75) is 12.8 Å². The van der Waals surface area contributed by atoms with Crippen molar-refractivity contribution in [3.8, 4) is 0 Å². The molecule has 6 heteroatoms. The standard InChI is InChI=1S/C10H11BrN2O2S/c11-9-5-7-1-3-12-16(14,15)13-4-2-8(6-9)10(7)13/h5-6,12H,1-4H2. The minimum atomic E-state index is -3.32. The third-order valence-corrected chi connectivity index (χ3v) is 5.01. The lowest BCUT2D eigenvalue weighted by atomic mass is 10.1. The largest absolute Gasteiger partial charge is 0.301 e. The summed E-state index contributed by atoms with van der Waals surface area (Å²) in [5.74, 6) is 0. The molecule has 0 atom stereocenters. The van der Waals surface area contributed by atoms with Crippen molar-refractivity contribution in [3.05, 3.63) is 27.7 Å². The second-order valence-electron chi connectivity index (χ2n) is 4.04. The van der Waals surface area contributed by atoms with E-state index in [1.165, 1.54) is 4.31 Å². The van der Waals surface area contributed by atoms with Crippen molar-refractivity contribution in [1.82, 2.24) is 4.72 Å². The molecule has 0 saturated carbocycles. The van der Waals surface area contributed by atoms with Crippen molar-refractivity contribution in [2.24, 2.45) is 0 Å². The lowest BCUT2D eigenvalue weighted by Gasteiger charge is -2.18. The smallest absolute Gasteiger partial charge is 0.257 e. The van der Waals surface area contributed by atoms with Gasteiger partial charge in [-0.3, -0.25) is 4.31 Å². The van der Waals surface area contributed by atoms with E-state index in [2.05, 4.69) is 20.7 Å². The Bertz CT molecular complexity index is 556. The van der Waals surface area contributed by atoms with Crippen LogP contribution < -0.4 is 9.03 Å². The number of rotatable bonds is 0. The molecule has 0 bridgehead atoms. The third kappa shape index (κ3) is 1.48. The summed E-state index contributed by atoms with van der Waals surface area (Å²) < 4.78 is 29.0. The average molecular weight is 303 g/mol. The summed E-state index contributed by atoms with van der Waals surface area (Å²) in [6.07, 6.45) is 1.54. The zero-order chi connectivity index (χ0) is 11.3. The van der Waals surface area contributed by atoms with E-state index < -0.39 is 10.2 Å². The van der Waals surface area contributed by atoms with Crippen molar-refractivity contribution >= 4 is 31.8 Å². The van der Waals surface area contributed by atoms with Gasteiger partial charge in [-0.1, -0.05) is 15.9 Å². The van der Waals surface area contributed by atoms with Gasteiger partial charge in [-0.05, 0) is 36.1 Å². The minimum Gasteiger partial charge on any atom is -0.257 e. The van der Waals surface area contributed by atoms with Crippen molar-refractivity contribution in [2.75, 3.05) is 17.4 Å². The minimum absolute atomic E-state index is 0.474. The molecule has 0 aromatic heterocycles. The highest BCUT2D eigenvalue weighted by molar-refractivity contribution is 9.10. The Morgan fingerprint density at radius 2 is 1.94 bits per heavy atom. The molecule has 2 aliphatic heterocycles. The van der Waals surface area contributed by atoms with E-state index >= 15 is 0 Å². The van der Waals surface area contributed by atoms with Crippen LogP contribution in [0.5, 0.6) is 0 Å². The molecule has 0 radical (unpaired) electrons. The molecule has 0 spiro atoms. The van der Waals surface area contributed by atoms with E-state index in [1.54, 1.807) is 0 Å². The SMILES string of the molecule is O=S1(=O)NCCc2cc(Br)cc3c2N1CC3. The zero-order valence-corrected chi connectivity index (χ0v) is 10.9. The molecule has 86 valence electrons. The van der Waals surface area contributed by atoms with Crippen LogP contribution in [0.2, 0.25) is 0 Å². The van der Waals surface area contributed by atoms with Gasteiger partial charge in [0, 0.05) is 17.6 Å². The second-order valence-corrected chi connectivity index (χ2v) is 6.64. The predicted octanol–water partition coefficient (Wildman–Crippen LogP) is 1.20. The Morgan fingerprint density at radius 1 is 1.25 bits per heavy atom. The molecule has 0 saturated heterocycles. The molecule has 3 rings (SSSR count). The van der Waals surface area contributed by atoms with Gasteiger partial charge in [0.2, 0.25) is 0 Å². The van der Waals surface area contributed by atoms with E-state index in [4.69, 9.17) is 0 Å². The van der Waals surface area contributed by atoms with Gasteiger partial charge >= 0.3 is 10.2 Å². The van der Waals surface area contributed by atoms with E-state index in [0.29, 0.717) is 13.1 Å². The summed E-state index contributed by atoms with van der Waals surface area (Å²) in [6.45, 7) is 1.02. The number of nitrogens with one attached hydrogen (secondary N) is 1. The van der Waals surface area contributed by atoms with Crippen molar-refractivity contribution in [1.29, 1.82) is 0 Å². The Labute approximate surface area is 103 Å². The average Bonchev–Trinajstić information content (AvgIpc) is 2.55. The first-order valence-electron chi connectivity index (χ1n) is 5.16. The first-order chi connectivity index (χ1) is 7.58. The predicted molar refractivity (Wildman–Crippen MR) is 65.8 cm³/mol. The quantitative estimate of drug-likeness (QED) is 0.783. The van der Waals surface area contributed by atoms with Crippen LogP contribution in [0.3, 0.4) is 0 Å². The van der Waals surface area contributed by atoms with Crippen LogP contribution in [0, 0.1) is 0 Å². The van der Waals surface area contributed by atoms with Crippen LogP contribution in [0.25, 0.3) is 0 Å². The van der Waals surface area contributed by atoms with Crippen molar-refractivity contribution in [3.63, 3.8) is 0 Å². The van der Waals surface area contributed by atoms with E-state index in [9.17, 15) is 8.42 Å². The van der Waals surface area contributed by atoms with Crippen LogP contribution >= 0.6 is 15.9 Å². The van der Waals surface area contributed by atoms with Gasteiger partial charge in [0.15, 0.2) is 0 Å². The van der Waals surface area contributed by atoms with Crippen LogP contribution in [0.4, 0.5) is 5.69 Å². The summed E-state index contributed by atoms with van der Waals surface area (Å²) >= 11 is 3.47. The molecule has 0 amide bonds. The fraction of sp³-hybridized carbons (Fsp3) is 0.400. The molecular weight excluding hydrogens is 292 g/mol. The molecule has 1 aromatic carbocycles. The molecule has 2 aliphatic rings. The maximum absolute atomic E-state index is 11.9. The molecule has 0 fully saturated rings. The van der Waals surface area contributed by atoms with Crippen LogP contribution in [0.15, 0.2) is 16.6 Å². The number of halogens is 1. The number of nitrogens with zero attached hydrogens (tertiary/aromatic N) is 1. The number of hydrogen-bond donors (Lipinski definition) is 1. The molecule has 16 heavy (non-hydrogen) atoms. The summed E-state index contributed by atoms with van der Waals surface area (Å²) in [7, 11) is -3.32. The zero-order valence-electron chi connectivity index (χ0n) is 8.53. The molecule has 4 nitrogen and oxygen atoms in total. The topological polar surface area (TPSA) is 49.4 Å². The van der Waals surface area contributed by atoms with Gasteiger partial charge < -0.3 is 0 Å². The summed E-state index contributed by atoms with van der Waals surface area (Å²) in [4.78, 5) is 0. The summed E-state index contributed by atoms with van der Waals surface area (Å²) in [5, 5.41) is 0. The summed E-state index contributed by atoms with van der Waals surface area (Å²) in [6, 6.07) is 4.03. The van der Waals surface area contributed by atoms with E-state index in [0.717, 1.165) is 34.1 Å². The maximum atomic E-state index is 11.9. The van der Waals surface area contributed by atoms with Crippen molar-refractivity contribution < 1.29 is 8.42 Å². The van der Waals surface area contributed by atoms with Crippen LogP contribution in [-0.2, 0) is 23.1 Å². The number of hydrogen-bond acceptors (Lipinski definition) is 2. The summed E-state index contributed by atoms with van der Waals surface area (Å²) in [5.41, 5.74) is 3.13. The Hall–Kier alpha value is -0.590. The molecule has 0 unspecified atom stereocenters. The van der Waals surface area contributed by atoms with Gasteiger partial charge in [0.25, 0.3) is 0 Å². The highest BCUT2D eigenvalue weighted by Gasteiger charge is 2.33. The monoisotopic (exact) mass is 302 g/mol. The first kappa shape index (κ1) is 10.6. The molecule has 1 N–H and O–H groups in total. The van der Waals surface area contributed by atoms with Crippen LogP contribution in [0.1, 0.15) is 11.1 Å². The fourth-order valence-corrected chi connectivity index (χ4v) is 4.26. The maximum Gasteiger partial charge on any atom is 0.301 e.